The lowest BCUT2D eigenvalue weighted by atomic mass is 10.0. The van der Waals surface area contributed by atoms with E-state index in [1.54, 1.807) is 0 Å². The van der Waals surface area contributed by atoms with Crippen LogP contribution in [-0.4, -0.2) is 41.6 Å². The van der Waals surface area contributed by atoms with Crippen molar-refractivity contribution in [1.29, 1.82) is 0 Å². The number of hydrogen-bond acceptors (Lipinski definition) is 5. The predicted molar refractivity (Wildman–Crippen MR) is 220 cm³/mol. The van der Waals surface area contributed by atoms with Crippen LogP contribution in [0.5, 0.6) is 0 Å². The molecule has 7 nitrogen and oxygen atoms in total. The van der Waals surface area contributed by atoms with Crippen LogP contribution in [0.25, 0.3) is 0 Å². The van der Waals surface area contributed by atoms with E-state index in [0.29, 0.717) is 32.2 Å². The summed E-state index contributed by atoms with van der Waals surface area (Å²) in [6.07, 6.45) is 47.2. The molecule has 0 heterocycles. The Hall–Kier alpha value is -2.67. The molecule has 2 unspecified atom stereocenters. The molecule has 0 aliphatic heterocycles. The maximum absolute atomic E-state index is 12.8. The lowest BCUT2D eigenvalue weighted by Gasteiger charge is -2.18. The number of carboxylic acids is 1. The van der Waals surface area contributed by atoms with Gasteiger partial charge in [-0.25, -0.2) is 4.79 Å². The average Bonchev–Trinajstić information content (AvgIpc) is 3.13. The first kappa shape index (κ1) is 49.3. The van der Waals surface area contributed by atoms with E-state index >= 15 is 0 Å². The molecular weight excluding hydrogens is 649 g/mol. The number of rotatable bonds is 38. The van der Waals surface area contributed by atoms with E-state index in [1.165, 1.54) is 57.8 Å². The molecule has 0 spiro atoms. The smallest absolute Gasteiger partial charge is 0.326 e. The number of unbranched alkanes of at least 4 members (excludes halogenated alkanes) is 16. The Labute approximate surface area is 319 Å². The summed E-state index contributed by atoms with van der Waals surface area (Å²) in [4.78, 5) is 36.3. The highest BCUT2D eigenvalue weighted by Crippen LogP contribution is 2.18. The minimum atomic E-state index is -1.01. The summed E-state index contributed by atoms with van der Waals surface area (Å²) in [6.45, 7) is 4.82. The SMILES string of the molecule is CC/C=C\C/C=C\C/C=C\C/C=C\CCCCC(CCCCCCCC(=O)NC(CCCN)C(=O)O)OC(=O)CCCCCCCCCCCCC. The van der Waals surface area contributed by atoms with E-state index < -0.39 is 12.0 Å². The van der Waals surface area contributed by atoms with Crippen LogP contribution in [0.4, 0.5) is 0 Å². The van der Waals surface area contributed by atoms with Crippen molar-refractivity contribution >= 4 is 17.8 Å². The van der Waals surface area contributed by atoms with E-state index in [9.17, 15) is 19.5 Å². The van der Waals surface area contributed by atoms with Crippen molar-refractivity contribution in [3.05, 3.63) is 48.6 Å². The van der Waals surface area contributed by atoms with Crippen molar-refractivity contribution in [3.63, 3.8) is 0 Å². The molecule has 0 bridgehead atoms. The van der Waals surface area contributed by atoms with Crippen LogP contribution in [0.3, 0.4) is 0 Å². The average molecular weight is 729 g/mol. The Kier molecular flexibility index (Phi) is 37.5. The fourth-order valence-corrected chi connectivity index (χ4v) is 6.21. The van der Waals surface area contributed by atoms with Crippen LogP contribution < -0.4 is 11.1 Å². The Morgan fingerprint density at radius 2 is 1.06 bits per heavy atom. The number of allylic oxidation sites excluding steroid dienone is 8. The van der Waals surface area contributed by atoms with Gasteiger partial charge in [0.25, 0.3) is 0 Å². The van der Waals surface area contributed by atoms with Crippen LogP contribution >= 0.6 is 0 Å². The van der Waals surface area contributed by atoms with Gasteiger partial charge in [-0.3, -0.25) is 9.59 Å². The highest BCUT2D eigenvalue weighted by molar-refractivity contribution is 5.83. The van der Waals surface area contributed by atoms with Gasteiger partial charge in [0.15, 0.2) is 0 Å². The largest absolute Gasteiger partial charge is 0.480 e. The fraction of sp³-hybridized carbons (Fsp3) is 0.756. The quantitative estimate of drug-likeness (QED) is 0.0331. The molecule has 0 aliphatic rings. The van der Waals surface area contributed by atoms with Crippen molar-refractivity contribution in [2.24, 2.45) is 5.73 Å². The second-order valence-electron chi connectivity index (χ2n) is 14.4. The fourth-order valence-electron chi connectivity index (χ4n) is 6.21. The number of aliphatic carboxylic acids is 1. The summed E-state index contributed by atoms with van der Waals surface area (Å²) >= 11 is 0. The van der Waals surface area contributed by atoms with Gasteiger partial charge < -0.3 is 20.9 Å². The summed E-state index contributed by atoms with van der Waals surface area (Å²) in [7, 11) is 0. The monoisotopic (exact) mass is 729 g/mol. The molecule has 0 saturated carbocycles. The molecule has 0 radical (unpaired) electrons. The number of hydrogen-bond donors (Lipinski definition) is 3. The van der Waals surface area contributed by atoms with Crippen molar-refractivity contribution in [1.82, 2.24) is 5.32 Å². The molecular formula is C45H80N2O5. The lowest BCUT2D eigenvalue weighted by Crippen LogP contribution is -2.40. The van der Waals surface area contributed by atoms with Crippen molar-refractivity contribution in [2.45, 2.75) is 212 Å². The Morgan fingerprint density at radius 1 is 0.577 bits per heavy atom. The first-order chi connectivity index (χ1) is 25.4. The van der Waals surface area contributed by atoms with Gasteiger partial charge in [0.05, 0.1) is 0 Å². The van der Waals surface area contributed by atoms with E-state index in [4.69, 9.17) is 10.5 Å². The van der Waals surface area contributed by atoms with Crippen LogP contribution in [0.1, 0.15) is 200 Å². The van der Waals surface area contributed by atoms with Crippen molar-refractivity contribution in [3.8, 4) is 0 Å². The topological polar surface area (TPSA) is 119 Å². The third kappa shape index (κ3) is 35.7. The third-order valence-corrected chi connectivity index (χ3v) is 9.41. The molecule has 52 heavy (non-hydrogen) atoms. The first-order valence-electron chi connectivity index (χ1n) is 21.5. The second-order valence-corrected chi connectivity index (χ2v) is 14.4. The van der Waals surface area contributed by atoms with Gasteiger partial charge in [0.1, 0.15) is 12.1 Å². The zero-order valence-corrected chi connectivity index (χ0v) is 33.6. The van der Waals surface area contributed by atoms with Gasteiger partial charge >= 0.3 is 11.9 Å². The number of amides is 1. The number of ether oxygens (including phenoxy) is 1. The zero-order chi connectivity index (χ0) is 38.2. The normalized spacial score (nSPS) is 13.1. The van der Waals surface area contributed by atoms with Crippen LogP contribution in [0, 0.1) is 0 Å². The van der Waals surface area contributed by atoms with Gasteiger partial charge in [0, 0.05) is 12.8 Å². The molecule has 0 aromatic heterocycles. The maximum atomic E-state index is 12.8. The Morgan fingerprint density at radius 3 is 1.60 bits per heavy atom. The highest BCUT2D eigenvalue weighted by Gasteiger charge is 2.19. The summed E-state index contributed by atoms with van der Waals surface area (Å²) < 4.78 is 6.02. The molecule has 4 N–H and O–H groups in total. The Bertz CT molecular complexity index is 957. The molecule has 0 aliphatic carbocycles. The minimum absolute atomic E-state index is 0.0233. The highest BCUT2D eigenvalue weighted by atomic mass is 16.5. The second kappa shape index (κ2) is 39.5. The molecule has 0 rings (SSSR count). The first-order valence-corrected chi connectivity index (χ1v) is 21.5. The number of carbonyl (C=O) groups excluding carboxylic acids is 2. The number of carbonyl (C=O) groups is 3. The summed E-state index contributed by atoms with van der Waals surface area (Å²) in [6, 6.07) is -0.862. The zero-order valence-electron chi connectivity index (χ0n) is 33.6. The van der Waals surface area contributed by atoms with E-state index in [1.807, 2.05) is 0 Å². The number of carboxylic acid groups (broad SMARTS) is 1. The van der Waals surface area contributed by atoms with Crippen LogP contribution in [0.15, 0.2) is 48.6 Å². The molecule has 7 heteroatoms. The van der Waals surface area contributed by atoms with Gasteiger partial charge in [-0.15, -0.1) is 0 Å². The molecule has 2 atom stereocenters. The molecule has 0 saturated heterocycles. The summed E-state index contributed by atoms with van der Waals surface area (Å²) in [5.41, 5.74) is 5.48. The molecule has 0 fully saturated rings. The standard InChI is InChI=1S/C45H80N2O5/c1-3-5-7-9-11-13-15-16-17-18-20-21-23-26-30-35-41(52-44(49)39-33-29-24-22-19-14-12-10-8-6-4-2)36-31-27-25-28-32-38-43(48)47-42(45(50)51)37-34-40-46/h5,7,11,13,16-17,20-21,41-42H,3-4,6,8-10,12,14-15,18-19,22-40,46H2,1-2H3,(H,47,48)(H,50,51)/b7-5-,13-11-,17-16-,21-20-. The van der Waals surface area contributed by atoms with Gasteiger partial charge in [-0.05, 0) is 96.4 Å². The van der Waals surface area contributed by atoms with Crippen LogP contribution in [0.2, 0.25) is 0 Å². The Balaban J connectivity index is 4.43. The minimum Gasteiger partial charge on any atom is -0.480 e. The van der Waals surface area contributed by atoms with Gasteiger partial charge in [-0.2, -0.15) is 0 Å². The number of esters is 1. The van der Waals surface area contributed by atoms with Gasteiger partial charge in [-0.1, -0.05) is 146 Å². The van der Waals surface area contributed by atoms with E-state index in [2.05, 4.69) is 67.8 Å². The summed E-state index contributed by atoms with van der Waals surface area (Å²) in [5.74, 6) is -1.26. The van der Waals surface area contributed by atoms with E-state index in [-0.39, 0.29) is 18.0 Å². The predicted octanol–water partition coefficient (Wildman–Crippen LogP) is 12.0. The van der Waals surface area contributed by atoms with E-state index in [0.717, 1.165) is 103 Å². The number of nitrogens with one attached hydrogen (secondary N) is 1. The molecule has 0 aromatic carbocycles. The lowest BCUT2D eigenvalue weighted by molar-refractivity contribution is -0.150. The third-order valence-electron chi connectivity index (χ3n) is 9.41. The molecule has 1 amide bonds. The molecule has 0 aromatic rings. The maximum Gasteiger partial charge on any atom is 0.326 e. The summed E-state index contributed by atoms with van der Waals surface area (Å²) in [5, 5.41) is 11.9. The van der Waals surface area contributed by atoms with Crippen LogP contribution in [-0.2, 0) is 19.1 Å². The molecule has 300 valence electrons. The van der Waals surface area contributed by atoms with Crippen molar-refractivity contribution in [2.75, 3.05) is 6.54 Å². The number of nitrogens with two attached hydrogens (primary N) is 1. The van der Waals surface area contributed by atoms with Gasteiger partial charge in [0.2, 0.25) is 5.91 Å². The van der Waals surface area contributed by atoms with Crippen molar-refractivity contribution < 1.29 is 24.2 Å².